The van der Waals surface area contributed by atoms with Gasteiger partial charge in [-0.05, 0) is 25.0 Å². The van der Waals surface area contributed by atoms with Gasteiger partial charge in [-0.25, -0.2) is 8.42 Å². The lowest BCUT2D eigenvalue weighted by atomic mass is 10.1. The second-order valence-electron chi connectivity index (χ2n) is 6.47. The number of ether oxygens (including phenoxy) is 1. The van der Waals surface area contributed by atoms with Crippen LogP contribution < -0.4 is 4.72 Å². The van der Waals surface area contributed by atoms with Crippen molar-refractivity contribution >= 4 is 21.8 Å². The third kappa shape index (κ3) is 5.48. The first-order valence-corrected chi connectivity index (χ1v) is 10.1. The Kier molecular flexibility index (Phi) is 6.87. The number of ketones is 1. The zero-order valence-electron chi connectivity index (χ0n) is 15.5. The van der Waals surface area contributed by atoms with E-state index in [1.165, 1.54) is 19.1 Å². The summed E-state index contributed by atoms with van der Waals surface area (Å²) in [6, 6.07) is 15.1. The first-order valence-electron chi connectivity index (χ1n) is 8.59. The molecule has 0 saturated carbocycles. The molecule has 0 heterocycles. The molecule has 2 aromatic carbocycles. The largest absolute Gasteiger partial charge is 0.453 e. The zero-order chi connectivity index (χ0) is 20.0. The van der Waals surface area contributed by atoms with Gasteiger partial charge >= 0.3 is 5.97 Å². The van der Waals surface area contributed by atoms with Crippen LogP contribution in [0, 0.1) is 5.92 Å². The van der Waals surface area contributed by atoms with Crippen molar-refractivity contribution < 1.29 is 22.7 Å². The summed E-state index contributed by atoms with van der Waals surface area (Å²) in [5.41, 5.74) is 0.420. The summed E-state index contributed by atoms with van der Waals surface area (Å²) >= 11 is 0. The van der Waals surface area contributed by atoms with Crippen LogP contribution in [0.15, 0.2) is 65.6 Å². The van der Waals surface area contributed by atoms with Gasteiger partial charge in [-0.1, -0.05) is 62.4 Å². The van der Waals surface area contributed by atoms with Gasteiger partial charge in [0.2, 0.25) is 15.8 Å². The van der Waals surface area contributed by atoms with Gasteiger partial charge in [0.1, 0.15) is 6.04 Å². The molecule has 6 nitrogen and oxygen atoms in total. The fourth-order valence-corrected chi connectivity index (χ4v) is 3.78. The average molecular weight is 389 g/mol. The number of carbonyl (C=O) groups excluding carboxylic acids is 2. The lowest BCUT2D eigenvalue weighted by Gasteiger charge is -2.22. The SMILES string of the molecule is CC(C)[C@@H](NS(=O)(=O)c1ccccc1)C(=O)O[C@H](C)C(=O)c1ccccc1. The Balaban J connectivity index is 2.12. The predicted octanol–water partition coefficient (Wildman–Crippen LogP) is 2.80. The summed E-state index contributed by atoms with van der Waals surface area (Å²) in [6.07, 6.45) is -1.03. The van der Waals surface area contributed by atoms with E-state index in [0.29, 0.717) is 5.56 Å². The number of nitrogens with one attached hydrogen (secondary N) is 1. The molecule has 0 radical (unpaired) electrons. The Morgan fingerprint density at radius 3 is 1.93 bits per heavy atom. The van der Waals surface area contributed by atoms with Crippen LogP contribution in [-0.4, -0.2) is 32.3 Å². The van der Waals surface area contributed by atoms with Gasteiger partial charge in [0.15, 0.2) is 6.10 Å². The fraction of sp³-hybridized carbons (Fsp3) is 0.300. The smallest absolute Gasteiger partial charge is 0.325 e. The molecule has 0 fully saturated rings. The maximum absolute atomic E-state index is 12.5. The van der Waals surface area contributed by atoms with Crippen molar-refractivity contribution in [1.82, 2.24) is 4.72 Å². The van der Waals surface area contributed by atoms with Crippen LogP contribution in [0.2, 0.25) is 0 Å². The summed E-state index contributed by atoms with van der Waals surface area (Å²) in [4.78, 5) is 25.0. The minimum absolute atomic E-state index is 0.0526. The van der Waals surface area contributed by atoms with Crippen molar-refractivity contribution in [2.45, 2.75) is 37.8 Å². The third-order valence-corrected chi connectivity index (χ3v) is 5.43. The zero-order valence-corrected chi connectivity index (χ0v) is 16.3. The number of hydrogen-bond acceptors (Lipinski definition) is 5. The van der Waals surface area contributed by atoms with Crippen molar-refractivity contribution in [3.8, 4) is 0 Å². The molecule has 0 bridgehead atoms. The molecule has 0 spiro atoms. The Labute approximate surface area is 159 Å². The van der Waals surface area contributed by atoms with E-state index in [4.69, 9.17) is 4.74 Å². The van der Waals surface area contributed by atoms with Crippen molar-refractivity contribution in [1.29, 1.82) is 0 Å². The second-order valence-corrected chi connectivity index (χ2v) is 8.18. The van der Waals surface area contributed by atoms with Crippen LogP contribution in [0.4, 0.5) is 0 Å². The molecule has 2 aromatic rings. The Bertz CT molecular complexity index is 879. The van der Waals surface area contributed by atoms with Crippen LogP contribution in [0.5, 0.6) is 0 Å². The molecule has 2 rings (SSSR count). The number of esters is 1. The second kappa shape index (κ2) is 8.92. The van der Waals surface area contributed by atoms with Crippen LogP contribution in [0.25, 0.3) is 0 Å². The number of hydrogen-bond donors (Lipinski definition) is 1. The van der Waals surface area contributed by atoms with E-state index in [0.717, 1.165) is 0 Å². The quantitative estimate of drug-likeness (QED) is 0.554. The van der Waals surface area contributed by atoms with Crippen LogP contribution in [0.1, 0.15) is 31.1 Å². The van der Waals surface area contributed by atoms with E-state index < -0.39 is 28.1 Å². The molecule has 27 heavy (non-hydrogen) atoms. The van der Waals surface area contributed by atoms with Crippen LogP contribution in [-0.2, 0) is 19.6 Å². The third-order valence-electron chi connectivity index (χ3n) is 3.98. The first kappa shape index (κ1) is 20.8. The molecule has 0 saturated heterocycles. The highest BCUT2D eigenvalue weighted by Gasteiger charge is 2.32. The number of rotatable bonds is 8. The minimum Gasteiger partial charge on any atom is -0.453 e. The number of benzene rings is 2. The van der Waals surface area contributed by atoms with Gasteiger partial charge in [0, 0.05) is 5.56 Å². The highest BCUT2D eigenvalue weighted by Crippen LogP contribution is 2.14. The first-order chi connectivity index (χ1) is 12.7. The van der Waals surface area contributed by atoms with E-state index in [2.05, 4.69) is 4.72 Å². The number of sulfonamides is 1. The number of carbonyl (C=O) groups is 2. The molecule has 1 N–H and O–H groups in total. The maximum atomic E-state index is 12.5. The Hall–Kier alpha value is -2.51. The topological polar surface area (TPSA) is 89.5 Å². The maximum Gasteiger partial charge on any atom is 0.325 e. The minimum atomic E-state index is -3.89. The normalized spacial score (nSPS) is 13.8. The molecule has 0 aliphatic heterocycles. The molecule has 144 valence electrons. The highest BCUT2D eigenvalue weighted by molar-refractivity contribution is 7.89. The summed E-state index contributed by atoms with van der Waals surface area (Å²) in [6.45, 7) is 4.86. The van der Waals surface area contributed by atoms with E-state index in [9.17, 15) is 18.0 Å². The van der Waals surface area contributed by atoms with E-state index in [1.54, 1.807) is 62.4 Å². The van der Waals surface area contributed by atoms with Gasteiger partial charge < -0.3 is 4.74 Å². The van der Waals surface area contributed by atoms with Gasteiger partial charge in [0.25, 0.3) is 0 Å². The lowest BCUT2D eigenvalue weighted by Crippen LogP contribution is -2.46. The Morgan fingerprint density at radius 1 is 0.889 bits per heavy atom. The van der Waals surface area contributed by atoms with Crippen molar-refractivity contribution in [2.75, 3.05) is 0 Å². The summed E-state index contributed by atoms with van der Waals surface area (Å²) < 4.78 is 32.6. The molecule has 7 heteroatoms. The van der Waals surface area contributed by atoms with E-state index in [1.807, 2.05) is 0 Å². The molecule has 0 unspecified atom stereocenters. The molecule has 0 amide bonds. The summed E-state index contributed by atoms with van der Waals surface area (Å²) in [5.74, 6) is -1.51. The van der Waals surface area contributed by atoms with Crippen molar-refractivity contribution in [2.24, 2.45) is 5.92 Å². The van der Waals surface area contributed by atoms with Gasteiger partial charge in [-0.2, -0.15) is 4.72 Å². The van der Waals surface area contributed by atoms with E-state index in [-0.39, 0.29) is 16.6 Å². The molecule has 0 aliphatic carbocycles. The molecular weight excluding hydrogens is 366 g/mol. The monoisotopic (exact) mass is 389 g/mol. The Morgan fingerprint density at radius 2 is 1.41 bits per heavy atom. The fourth-order valence-electron chi connectivity index (χ4n) is 2.43. The average Bonchev–Trinajstić information content (AvgIpc) is 2.66. The summed E-state index contributed by atoms with van der Waals surface area (Å²) in [5, 5.41) is 0. The van der Waals surface area contributed by atoms with Gasteiger partial charge in [-0.3, -0.25) is 9.59 Å². The predicted molar refractivity (Wildman–Crippen MR) is 102 cm³/mol. The molecule has 0 aliphatic rings. The highest BCUT2D eigenvalue weighted by atomic mass is 32.2. The summed E-state index contributed by atoms with van der Waals surface area (Å²) in [7, 11) is -3.89. The standard InChI is InChI=1S/C20H23NO5S/c1-14(2)18(21-27(24,25)17-12-8-5-9-13-17)20(23)26-15(3)19(22)16-10-6-4-7-11-16/h4-15,18,21H,1-3H3/t15-,18-/m1/s1. The van der Waals surface area contributed by atoms with Gasteiger partial charge in [0.05, 0.1) is 4.90 Å². The van der Waals surface area contributed by atoms with E-state index >= 15 is 0 Å². The molecule has 2 atom stereocenters. The lowest BCUT2D eigenvalue weighted by molar-refractivity contribution is -0.149. The van der Waals surface area contributed by atoms with Gasteiger partial charge in [-0.15, -0.1) is 0 Å². The molecular formula is C20H23NO5S. The molecule has 0 aromatic heterocycles. The van der Waals surface area contributed by atoms with Crippen LogP contribution >= 0.6 is 0 Å². The van der Waals surface area contributed by atoms with Crippen molar-refractivity contribution in [3.63, 3.8) is 0 Å². The van der Waals surface area contributed by atoms with Crippen molar-refractivity contribution in [3.05, 3.63) is 66.2 Å². The number of Topliss-reactive ketones (excluding diaryl/α,β-unsaturated/α-hetero) is 1. The van der Waals surface area contributed by atoms with Crippen LogP contribution in [0.3, 0.4) is 0 Å².